The lowest BCUT2D eigenvalue weighted by molar-refractivity contribution is -0.384. The monoisotopic (exact) mass is 398 g/mol. The molecule has 1 aliphatic rings. The van der Waals surface area contributed by atoms with Crippen molar-refractivity contribution in [1.82, 2.24) is 10.9 Å². The van der Waals surface area contributed by atoms with E-state index in [0.29, 0.717) is 11.4 Å². The maximum atomic E-state index is 12.2. The number of carbonyl (C=O) groups is 2. The van der Waals surface area contributed by atoms with Gasteiger partial charge in [-0.2, -0.15) is 0 Å². The number of rotatable bonds is 7. The number of carbonyl (C=O) groups excluding carboxylic acids is 2. The lowest BCUT2D eigenvalue weighted by atomic mass is 10.1. The molecule has 0 unspecified atom stereocenters. The molecule has 2 aromatic rings. The molecule has 0 saturated heterocycles. The molecule has 0 aromatic heterocycles. The molecule has 152 valence electrons. The molecule has 1 aliphatic carbocycles. The predicted molar refractivity (Wildman–Crippen MR) is 107 cm³/mol. The molecule has 9 nitrogen and oxygen atoms in total. The van der Waals surface area contributed by atoms with Gasteiger partial charge in [0.1, 0.15) is 11.4 Å². The van der Waals surface area contributed by atoms with Crippen LogP contribution in [0.25, 0.3) is 0 Å². The molecular formula is C20H22N4O5. The van der Waals surface area contributed by atoms with Crippen molar-refractivity contribution in [2.75, 3.05) is 11.9 Å². The van der Waals surface area contributed by atoms with Crippen LogP contribution in [0.2, 0.25) is 0 Å². The fraction of sp³-hybridized carbons (Fsp3) is 0.300. The standard InChI is InChI=1S/C20H22N4O5/c1-12-4-3-5-13(2)19(12)29-11-18(25)22-23-20(26)14-6-9-16(21-15-7-8-15)17(10-14)24(27)28/h3-6,9-10,15,21H,7-8,11H2,1-2H3,(H,22,25)(H,23,26). The molecule has 0 heterocycles. The first-order valence-corrected chi connectivity index (χ1v) is 9.18. The van der Waals surface area contributed by atoms with Crippen molar-refractivity contribution in [3.05, 3.63) is 63.2 Å². The van der Waals surface area contributed by atoms with Gasteiger partial charge in [-0.15, -0.1) is 0 Å². The van der Waals surface area contributed by atoms with E-state index in [4.69, 9.17) is 4.74 Å². The number of para-hydroxylation sites is 1. The van der Waals surface area contributed by atoms with Gasteiger partial charge in [0, 0.05) is 17.7 Å². The summed E-state index contributed by atoms with van der Waals surface area (Å²) in [4.78, 5) is 34.9. The van der Waals surface area contributed by atoms with Crippen molar-refractivity contribution < 1.29 is 19.2 Å². The fourth-order valence-corrected chi connectivity index (χ4v) is 2.79. The number of nitro benzene ring substituents is 1. The third kappa shape index (κ3) is 5.22. The number of hydrazine groups is 1. The first-order chi connectivity index (χ1) is 13.8. The van der Waals surface area contributed by atoms with Crippen LogP contribution in [-0.4, -0.2) is 29.4 Å². The van der Waals surface area contributed by atoms with Crippen LogP contribution in [0.15, 0.2) is 36.4 Å². The first kappa shape index (κ1) is 20.1. The van der Waals surface area contributed by atoms with Crippen molar-refractivity contribution in [3.63, 3.8) is 0 Å². The molecule has 0 aliphatic heterocycles. The van der Waals surface area contributed by atoms with Gasteiger partial charge in [-0.3, -0.25) is 30.6 Å². The summed E-state index contributed by atoms with van der Waals surface area (Å²) in [6, 6.07) is 10.0. The Balaban J connectivity index is 1.56. The second kappa shape index (κ2) is 8.59. The number of anilines is 1. The molecule has 0 radical (unpaired) electrons. The van der Waals surface area contributed by atoms with Gasteiger partial charge in [0.15, 0.2) is 6.61 Å². The van der Waals surface area contributed by atoms with Gasteiger partial charge in [-0.05, 0) is 49.9 Å². The van der Waals surface area contributed by atoms with Crippen molar-refractivity contribution in [2.45, 2.75) is 32.7 Å². The normalized spacial score (nSPS) is 12.8. The number of ether oxygens (including phenoxy) is 1. The zero-order valence-corrected chi connectivity index (χ0v) is 16.2. The molecule has 2 amide bonds. The van der Waals surface area contributed by atoms with Crippen LogP contribution in [0.1, 0.15) is 34.3 Å². The van der Waals surface area contributed by atoms with Crippen LogP contribution in [-0.2, 0) is 4.79 Å². The van der Waals surface area contributed by atoms with Crippen LogP contribution < -0.4 is 20.9 Å². The summed E-state index contributed by atoms with van der Waals surface area (Å²) in [7, 11) is 0. The van der Waals surface area contributed by atoms with Crippen molar-refractivity contribution in [2.24, 2.45) is 0 Å². The van der Waals surface area contributed by atoms with E-state index in [0.717, 1.165) is 24.0 Å². The van der Waals surface area contributed by atoms with E-state index < -0.39 is 16.7 Å². The highest BCUT2D eigenvalue weighted by molar-refractivity contribution is 5.96. The number of nitrogens with one attached hydrogen (secondary N) is 3. The van der Waals surface area contributed by atoms with Gasteiger partial charge in [0.25, 0.3) is 17.5 Å². The minimum atomic E-state index is -0.661. The summed E-state index contributed by atoms with van der Waals surface area (Å²) in [6.07, 6.45) is 1.94. The molecule has 1 fully saturated rings. The summed E-state index contributed by atoms with van der Waals surface area (Å²) >= 11 is 0. The second-order valence-corrected chi connectivity index (χ2v) is 6.92. The molecule has 3 N–H and O–H groups in total. The topological polar surface area (TPSA) is 123 Å². The lowest BCUT2D eigenvalue weighted by Crippen LogP contribution is -2.43. The maximum absolute atomic E-state index is 12.2. The first-order valence-electron chi connectivity index (χ1n) is 9.18. The largest absolute Gasteiger partial charge is 0.483 e. The number of hydrogen-bond acceptors (Lipinski definition) is 6. The highest BCUT2D eigenvalue weighted by Gasteiger charge is 2.25. The Kier molecular flexibility index (Phi) is 5.96. The fourth-order valence-electron chi connectivity index (χ4n) is 2.79. The van der Waals surface area contributed by atoms with E-state index in [2.05, 4.69) is 16.2 Å². The van der Waals surface area contributed by atoms with Crippen molar-refractivity contribution in [1.29, 1.82) is 0 Å². The maximum Gasteiger partial charge on any atom is 0.293 e. The Morgan fingerprint density at radius 3 is 2.45 bits per heavy atom. The average molecular weight is 398 g/mol. The summed E-state index contributed by atoms with van der Waals surface area (Å²) in [6.45, 7) is 3.46. The second-order valence-electron chi connectivity index (χ2n) is 6.92. The Morgan fingerprint density at radius 2 is 1.83 bits per heavy atom. The average Bonchev–Trinajstić information content (AvgIpc) is 3.50. The predicted octanol–water partition coefficient (Wildman–Crippen LogP) is 2.63. The van der Waals surface area contributed by atoms with Gasteiger partial charge in [0.05, 0.1) is 4.92 Å². The Bertz CT molecular complexity index is 936. The highest BCUT2D eigenvalue weighted by Crippen LogP contribution is 2.31. The number of nitrogens with zero attached hydrogens (tertiary/aromatic N) is 1. The number of hydrogen-bond donors (Lipinski definition) is 3. The van der Waals surface area contributed by atoms with Crippen molar-refractivity contribution in [3.8, 4) is 5.75 Å². The van der Waals surface area contributed by atoms with E-state index in [9.17, 15) is 19.7 Å². The minimum Gasteiger partial charge on any atom is -0.483 e. The molecule has 0 atom stereocenters. The third-order valence-corrected chi connectivity index (χ3v) is 4.47. The van der Waals surface area contributed by atoms with Gasteiger partial charge in [-0.25, -0.2) is 0 Å². The van der Waals surface area contributed by atoms with E-state index in [1.54, 1.807) is 0 Å². The SMILES string of the molecule is Cc1cccc(C)c1OCC(=O)NNC(=O)c1ccc(NC2CC2)c([N+](=O)[O-])c1. The molecule has 9 heteroatoms. The van der Waals surface area contributed by atoms with E-state index in [1.165, 1.54) is 18.2 Å². The van der Waals surface area contributed by atoms with E-state index >= 15 is 0 Å². The molecular weight excluding hydrogens is 376 g/mol. The quantitative estimate of drug-likeness (QED) is 0.487. The Morgan fingerprint density at radius 1 is 1.14 bits per heavy atom. The van der Waals surface area contributed by atoms with Gasteiger partial charge >= 0.3 is 0 Å². The van der Waals surface area contributed by atoms with Crippen LogP contribution in [0.4, 0.5) is 11.4 Å². The molecule has 29 heavy (non-hydrogen) atoms. The Hall–Kier alpha value is -3.62. The van der Waals surface area contributed by atoms with Gasteiger partial charge < -0.3 is 10.1 Å². The number of benzene rings is 2. The smallest absolute Gasteiger partial charge is 0.293 e. The number of aryl methyl sites for hydroxylation is 2. The van der Waals surface area contributed by atoms with Crippen LogP contribution in [0, 0.1) is 24.0 Å². The Labute approximate surface area is 167 Å². The zero-order valence-electron chi connectivity index (χ0n) is 16.2. The molecule has 2 aromatic carbocycles. The zero-order chi connectivity index (χ0) is 21.0. The van der Waals surface area contributed by atoms with Gasteiger partial charge in [0.2, 0.25) is 0 Å². The summed E-state index contributed by atoms with van der Waals surface area (Å²) in [5, 5.41) is 14.4. The molecule has 0 spiro atoms. The molecule has 0 bridgehead atoms. The highest BCUT2D eigenvalue weighted by atomic mass is 16.6. The molecule has 3 rings (SSSR count). The van der Waals surface area contributed by atoms with Crippen LogP contribution >= 0.6 is 0 Å². The van der Waals surface area contributed by atoms with E-state index in [-0.39, 0.29) is 23.9 Å². The summed E-state index contributed by atoms with van der Waals surface area (Å²) in [5.74, 6) is -0.600. The van der Waals surface area contributed by atoms with E-state index in [1.807, 2.05) is 32.0 Å². The third-order valence-electron chi connectivity index (χ3n) is 4.47. The molecule has 1 saturated carbocycles. The van der Waals surface area contributed by atoms with Crippen molar-refractivity contribution >= 4 is 23.2 Å². The minimum absolute atomic E-state index is 0.0639. The van der Waals surface area contributed by atoms with Gasteiger partial charge in [-0.1, -0.05) is 18.2 Å². The summed E-state index contributed by atoms with van der Waals surface area (Å²) < 4.78 is 5.52. The number of amides is 2. The summed E-state index contributed by atoms with van der Waals surface area (Å²) in [5.41, 5.74) is 6.54. The van der Waals surface area contributed by atoms with Crippen LogP contribution in [0.5, 0.6) is 5.75 Å². The number of nitro groups is 1. The lowest BCUT2D eigenvalue weighted by Gasteiger charge is -2.12. The van der Waals surface area contributed by atoms with Crippen LogP contribution in [0.3, 0.4) is 0 Å².